The highest BCUT2D eigenvalue weighted by Gasteiger charge is 2.17. The molecule has 1 aromatic heterocycles. The van der Waals surface area contributed by atoms with Crippen molar-refractivity contribution in [3.05, 3.63) is 16.0 Å². The predicted molar refractivity (Wildman–Crippen MR) is 73.6 cm³/mol. The Hall–Kier alpha value is -0.430. The zero-order chi connectivity index (χ0) is 12.0. The third-order valence-electron chi connectivity index (χ3n) is 2.59. The van der Waals surface area contributed by atoms with Crippen LogP contribution < -0.4 is 4.90 Å². The number of hydrogen-bond donors (Lipinski definition) is 1. The first-order valence-electron chi connectivity index (χ1n) is 5.57. The van der Waals surface area contributed by atoms with Crippen molar-refractivity contribution < 1.29 is 5.11 Å². The van der Waals surface area contributed by atoms with E-state index in [0.717, 1.165) is 16.4 Å². The molecule has 0 aromatic carbocycles. The van der Waals surface area contributed by atoms with Crippen LogP contribution in [-0.2, 0) is 0 Å². The summed E-state index contributed by atoms with van der Waals surface area (Å²) in [6.07, 6.45) is 5.67. The van der Waals surface area contributed by atoms with Crippen molar-refractivity contribution >= 4 is 28.5 Å². The first-order chi connectivity index (χ1) is 7.72. The molecule has 0 aliphatic rings. The third-order valence-corrected chi connectivity index (χ3v) is 3.14. The Morgan fingerprint density at radius 3 is 2.31 bits per heavy atom. The van der Waals surface area contributed by atoms with Gasteiger partial charge in [0.15, 0.2) is 0 Å². The molecule has 1 aromatic rings. The maximum absolute atomic E-state index is 9.09. The van der Waals surface area contributed by atoms with Crippen LogP contribution in [0.25, 0.3) is 0 Å². The molecule has 0 bridgehead atoms. The van der Waals surface area contributed by atoms with E-state index in [-0.39, 0.29) is 6.61 Å². The van der Waals surface area contributed by atoms with Crippen LogP contribution in [0.5, 0.6) is 0 Å². The summed E-state index contributed by atoms with van der Waals surface area (Å²) in [6, 6.07) is 0.396. The van der Waals surface area contributed by atoms with Gasteiger partial charge in [0.05, 0.1) is 6.61 Å². The highest BCUT2D eigenvalue weighted by atomic mass is 127. The van der Waals surface area contributed by atoms with Crippen molar-refractivity contribution in [3.8, 4) is 0 Å². The molecule has 1 rings (SSSR count). The lowest BCUT2D eigenvalue weighted by Crippen LogP contribution is -2.38. The predicted octanol–water partition coefficient (Wildman–Crippen LogP) is 2.07. The summed E-state index contributed by atoms with van der Waals surface area (Å²) in [5.74, 6) is 0.711. The van der Waals surface area contributed by atoms with E-state index in [1.165, 1.54) is 0 Å². The summed E-state index contributed by atoms with van der Waals surface area (Å²) in [6.45, 7) is 5.01. The SMILES string of the molecule is CCC(CC)N(CCO)c1ncc(I)cn1. The topological polar surface area (TPSA) is 49.2 Å². The highest BCUT2D eigenvalue weighted by molar-refractivity contribution is 14.1. The lowest BCUT2D eigenvalue weighted by molar-refractivity contribution is 0.295. The highest BCUT2D eigenvalue weighted by Crippen LogP contribution is 2.15. The van der Waals surface area contributed by atoms with Gasteiger partial charge in [-0.1, -0.05) is 13.8 Å². The van der Waals surface area contributed by atoms with Gasteiger partial charge in [-0.05, 0) is 35.4 Å². The van der Waals surface area contributed by atoms with Gasteiger partial charge in [-0.2, -0.15) is 0 Å². The molecule has 16 heavy (non-hydrogen) atoms. The number of aliphatic hydroxyl groups is 1. The molecule has 0 fully saturated rings. The fourth-order valence-electron chi connectivity index (χ4n) is 1.74. The molecule has 0 aliphatic carbocycles. The van der Waals surface area contributed by atoms with Crippen LogP contribution in [0.3, 0.4) is 0 Å². The lowest BCUT2D eigenvalue weighted by atomic mass is 10.1. The van der Waals surface area contributed by atoms with Crippen molar-refractivity contribution in [1.29, 1.82) is 0 Å². The fourth-order valence-corrected chi connectivity index (χ4v) is 2.02. The van der Waals surface area contributed by atoms with Crippen molar-refractivity contribution in [2.24, 2.45) is 0 Å². The smallest absolute Gasteiger partial charge is 0.225 e. The molecule has 1 N–H and O–H groups in total. The van der Waals surface area contributed by atoms with E-state index in [9.17, 15) is 0 Å². The van der Waals surface area contributed by atoms with Crippen LogP contribution in [0, 0.1) is 3.57 Å². The zero-order valence-electron chi connectivity index (χ0n) is 9.73. The average molecular weight is 335 g/mol. The van der Waals surface area contributed by atoms with Gasteiger partial charge in [0.25, 0.3) is 0 Å². The number of aliphatic hydroxyl groups excluding tert-OH is 1. The number of aromatic nitrogens is 2. The van der Waals surface area contributed by atoms with Gasteiger partial charge in [-0.15, -0.1) is 0 Å². The van der Waals surface area contributed by atoms with Gasteiger partial charge in [0.2, 0.25) is 5.95 Å². The zero-order valence-corrected chi connectivity index (χ0v) is 11.9. The van der Waals surface area contributed by atoms with E-state index in [1.807, 2.05) is 0 Å². The van der Waals surface area contributed by atoms with E-state index in [2.05, 4.69) is 51.3 Å². The Kier molecular flexibility index (Phi) is 5.97. The van der Waals surface area contributed by atoms with Crippen molar-refractivity contribution in [2.75, 3.05) is 18.1 Å². The second-order valence-electron chi connectivity index (χ2n) is 3.59. The Labute approximate surface area is 110 Å². The molecule has 0 aliphatic heterocycles. The third kappa shape index (κ3) is 3.55. The molecule has 0 amide bonds. The Bertz CT molecular complexity index is 301. The maximum atomic E-state index is 9.09. The molecular weight excluding hydrogens is 317 g/mol. The molecule has 1 heterocycles. The molecule has 0 atom stereocenters. The summed E-state index contributed by atoms with van der Waals surface area (Å²) in [7, 11) is 0. The van der Waals surface area contributed by atoms with E-state index < -0.39 is 0 Å². The standard InChI is InChI=1S/C11H18IN3O/c1-3-10(4-2)15(5-6-16)11-13-7-9(12)8-14-11/h7-8,10,16H,3-6H2,1-2H3. The van der Waals surface area contributed by atoms with Crippen LogP contribution in [0.2, 0.25) is 0 Å². The Morgan fingerprint density at radius 2 is 1.88 bits per heavy atom. The molecule has 0 spiro atoms. The normalized spacial score (nSPS) is 10.8. The van der Waals surface area contributed by atoms with E-state index in [1.54, 1.807) is 12.4 Å². The van der Waals surface area contributed by atoms with Crippen molar-refractivity contribution in [2.45, 2.75) is 32.7 Å². The lowest BCUT2D eigenvalue weighted by Gasteiger charge is -2.29. The first kappa shape index (κ1) is 13.6. The fraction of sp³-hybridized carbons (Fsp3) is 0.636. The maximum Gasteiger partial charge on any atom is 0.225 e. The molecule has 0 saturated heterocycles. The largest absolute Gasteiger partial charge is 0.395 e. The number of anilines is 1. The van der Waals surface area contributed by atoms with Gasteiger partial charge in [0.1, 0.15) is 0 Å². The van der Waals surface area contributed by atoms with Gasteiger partial charge in [-0.25, -0.2) is 9.97 Å². The minimum atomic E-state index is 0.131. The average Bonchev–Trinajstić information content (AvgIpc) is 2.31. The van der Waals surface area contributed by atoms with E-state index in [0.29, 0.717) is 18.5 Å². The van der Waals surface area contributed by atoms with Crippen LogP contribution in [0.4, 0.5) is 5.95 Å². The second-order valence-corrected chi connectivity index (χ2v) is 4.83. The molecule has 0 unspecified atom stereocenters. The molecule has 0 saturated carbocycles. The molecule has 0 radical (unpaired) electrons. The number of hydrogen-bond acceptors (Lipinski definition) is 4. The summed E-state index contributed by atoms with van der Waals surface area (Å²) in [5.41, 5.74) is 0. The number of nitrogens with zero attached hydrogens (tertiary/aromatic N) is 3. The number of rotatable bonds is 6. The number of halogens is 1. The Morgan fingerprint density at radius 1 is 1.31 bits per heavy atom. The van der Waals surface area contributed by atoms with Crippen LogP contribution in [0.15, 0.2) is 12.4 Å². The molecule has 4 nitrogen and oxygen atoms in total. The summed E-state index contributed by atoms with van der Waals surface area (Å²) in [5, 5.41) is 9.09. The summed E-state index contributed by atoms with van der Waals surface area (Å²) in [4.78, 5) is 10.7. The van der Waals surface area contributed by atoms with Crippen LogP contribution >= 0.6 is 22.6 Å². The van der Waals surface area contributed by atoms with Crippen molar-refractivity contribution in [3.63, 3.8) is 0 Å². The van der Waals surface area contributed by atoms with Gasteiger partial charge in [-0.3, -0.25) is 0 Å². The van der Waals surface area contributed by atoms with Crippen LogP contribution in [0.1, 0.15) is 26.7 Å². The monoisotopic (exact) mass is 335 g/mol. The first-order valence-corrected chi connectivity index (χ1v) is 6.65. The second kappa shape index (κ2) is 7.01. The van der Waals surface area contributed by atoms with E-state index in [4.69, 9.17) is 5.11 Å². The Balaban J connectivity index is 2.87. The van der Waals surface area contributed by atoms with E-state index >= 15 is 0 Å². The summed E-state index contributed by atoms with van der Waals surface area (Å²) >= 11 is 2.18. The molecule has 5 heteroatoms. The van der Waals surface area contributed by atoms with Crippen LogP contribution in [-0.4, -0.2) is 34.3 Å². The van der Waals surface area contributed by atoms with Crippen molar-refractivity contribution in [1.82, 2.24) is 9.97 Å². The quantitative estimate of drug-likeness (QED) is 0.809. The minimum absolute atomic E-state index is 0.131. The van der Waals surface area contributed by atoms with Gasteiger partial charge in [0, 0.05) is 28.6 Å². The van der Waals surface area contributed by atoms with Gasteiger partial charge < -0.3 is 10.0 Å². The minimum Gasteiger partial charge on any atom is -0.395 e. The molecular formula is C11H18IN3O. The van der Waals surface area contributed by atoms with Gasteiger partial charge >= 0.3 is 0 Å². The molecule has 90 valence electrons. The summed E-state index contributed by atoms with van der Waals surface area (Å²) < 4.78 is 1.02.